The van der Waals surface area contributed by atoms with Gasteiger partial charge in [0.15, 0.2) is 5.75 Å². The zero-order valence-corrected chi connectivity index (χ0v) is 20.7. The second-order valence-corrected chi connectivity index (χ2v) is 9.82. The lowest BCUT2D eigenvalue weighted by Crippen LogP contribution is -2.14. The van der Waals surface area contributed by atoms with E-state index in [9.17, 15) is 4.79 Å². The monoisotopic (exact) mass is 498 g/mol. The number of thiazole rings is 1. The second kappa shape index (κ2) is 10.3. The van der Waals surface area contributed by atoms with E-state index in [1.54, 1.807) is 29.5 Å². The summed E-state index contributed by atoms with van der Waals surface area (Å²) in [4.78, 5) is 18.7. The molecule has 1 N–H and O–H groups in total. The number of carbonyl (C=O) groups is 1. The summed E-state index contributed by atoms with van der Waals surface area (Å²) in [6.07, 6.45) is 0.966. The zero-order chi connectivity index (χ0) is 24.2. The first-order valence-electron chi connectivity index (χ1n) is 11.3. The van der Waals surface area contributed by atoms with Gasteiger partial charge in [-0.1, -0.05) is 72.3 Å². The molecule has 0 unspecified atom stereocenters. The molecule has 0 aliphatic carbocycles. The van der Waals surface area contributed by atoms with Crippen LogP contribution in [0, 0.1) is 6.92 Å². The molecule has 1 amide bonds. The zero-order valence-electron chi connectivity index (χ0n) is 19.1. The highest BCUT2D eigenvalue weighted by Crippen LogP contribution is 2.32. The molecule has 174 valence electrons. The van der Waals surface area contributed by atoms with E-state index in [-0.39, 0.29) is 12.3 Å². The number of aromatic nitrogens is 1. The quantitative estimate of drug-likeness (QED) is 0.249. The van der Waals surface area contributed by atoms with Crippen LogP contribution in [0.3, 0.4) is 0 Å². The summed E-state index contributed by atoms with van der Waals surface area (Å²) in [5.41, 5.74) is 2.64. The highest BCUT2D eigenvalue weighted by molar-refractivity contribution is 7.11. The number of hydrogen-bond donors (Lipinski definition) is 1. The number of ether oxygens (including phenoxy) is 1. The first kappa shape index (κ1) is 23.1. The van der Waals surface area contributed by atoms with Gasteiger partial charge in [-0.2, -0.15) is 0 Å². The SMILES string of the molecule is Cc1nc(Cc2cccc3ccccc23)sc1CC(=O)Nc1cc(Cl)ccc1Oc1ccccc1. The van der Waals surface area contributed by atoms with Crippen LogP contribution < -0.4 is 10.1 Å². The third-order valence-corrected chi connectivity index (χ3v) is 7.06. The van der Waals surface area contributed by atoms with Crippen LogP contribution in [0.1, 0.15) is 21.1 Å². The van der Waals surface area contributed by atoms with Crippen LogP contribution in [0.5, 0.6) is 11.5 Å². The summed E-state index contributed by atoms with van der Waals surface area (Å²) in [5, 5.41) is 6.93. The minimum Gasteiger partial charge on any atom is -0.455 e. The molecule has 4 nitrogen and oxygen atoms in total. The van der Waals surface area contributed by atoms with E-state index in [4.69, 9.17) is 21.3 Å². The van der Waals surface area contributed by atoms with Crippen LogP contribution in [-0.4, -0.2) is 10.9 Å². The Balaban J connectivity index is 1.31. The molecule has 0 bridgehead atoms. The molecule has 6 heteroatoms. The number of nitrogens with zero attached hydrogens (tertiary/aromatic N) is 1. The normalized spacial score (nSPS) is 10.9. The molecule has 0 fully saturated rings. The van der Waals surface area contributed by atoms with E-state index >= 15 is 0 Å². The van der Waals surface area contributed by atoms with Gasteiger partial charge < -0.3 is 10.1 Å². The summed E-state index contributed by atoms with van der Waals surface area (Å²) in [5.74, 6) is 1.07. The lowest BCUT2D eigenvalue weighted by molar-refractivity contribution is -0.115. The molecular formula is C29H23ClN2O2S. The van der Waals surface area contributed by atoms with Gasteiger partial charge in [-0.25, -0.2) is 4.98 Å². The summed E-state index contributed by atoms with van der Waals surface area (Å²) >= 11 is 7.78. The number of hydrogen-bond acceptors (Lipinski definition) is 4. The van der Waals surface area contributed by atoms with Crippen molar-refractivity contribution >= 4 is 45.3 Å². The van der Waals surface area contributed by atoms with E-state index in [0.29, 0.717) is 22.2 Å². The van der Waals surface area contributed by atoms with Crippen LogP contribution in [0.4, 0.5) is 5.69 Å². The van der Waals surface area contributed by atoms with Crippen molar-refractivity contribution in [2.45, 2.75) is 19.8 Å². The molecule has 5 aromatic rings. The van der Waals surface area contributed by atoms with Gasteiger partial charge in [-0.05, 0) is 53.6 Å². The lowest BCUT2D eigenvalue weighted by atomic mass is 10.0. The van der Waals surface area contributed by atoms with Gasteiger partial charge in [0, 0.05) is 16.3 Å². The summed E-state index contributed by atoms with van der Waals surface area (Å²) in [7, 11) is 0. The molecule has 0 atom stereocenters. The molecule has 4 aromatic carbocycles. The summed E-state index contributed by atoms with van der Waals surface area (Å²) < 4.78 is 5.96. The number of rotatable bonds is 7. The van der Waals surface area contributed by atoms with Crippen LogP contribution in [0.2, 0.25) is 5.02 Å². The Morgan fingerprint density at radius 2 is 1.74 bits per heavy atom. The van der Waals surface area contributed by atoms with Crippen molar-refractivity contribution in [2.24, 2.45) is 0 Å². The third-order valence-electron chi connectivity index (χ3n) is 5.67. The third kappa shape index (κ3) is 5.53. The van der Waals surface area contributed by atoms with Crippen molar-refractivity contribution in [2.75, 3.05) is 5.32 Å². The van der Waals surface area contributed by atoms with Crippen molar-refractivity contribution in [1.29, 1.82) is 0 Å². The van der Waals surface area contributed by atoms with Crippen molar-refractivity contribution in [3.63, 3.8) is 0 Å². The van der Waals surface area contributed by atoms with E-state index < -0.39 is 0 Å². The molecule has 0 saturated carbocycles. The van der Waals surface area contributed by atoms with Crippen LogP contribution in [0.15, 0.2) is 91.0 Å². The molecule has 35 heavy (non-hydrogen) atoms. The number of carbonyl (C=O) groups excluding carboxylic acids is 1. The Kier molecular flexibility index (Phi) is 6.80. The molecule has 1 aromatic heterocycles. The lowest BCUT2D eigenvalue weighted by Gasteiger charge is -2.12. The average Bonchev–Trinajstić information content (AvgIpc) is 3.20. The van der Waals surface area contributed by atoms with E-state index in [1.807, 2.05) is 43.3 Å². The van der Waals surface area contributed by atoms with Crippen LogP contribution >= 0.6 is 22.9 Å². The number of aryl methyl sites for hydroxylation is 1. The molecule has 0 aliphatic rings. The maximum absolute atomic E-state index is 13.0. The van der Waals surface area contributed by atoms with Crippen molar-refractivity contribution in [3.8, 4) is 11.5 Å². The molecule has 5 rings (SSSR count). The predicted octanol–water partition coefficient (Wildman–Crippen LogP) is 7.82. The Labute approximate surface area is 213 Å². The fourth-order valence-electron chi connectivity index (χ4n) is 3.98. The van der Waals surface area contributed by atoms with Crippen LogP contribution in [0.25, 0.3) is 10.8 Å². The molecular weight excluding hydrogens is 476 g/mol. The highest BCUT2D eigenvalue weighted by atomic mass is 35.5. The minimum atomic E-state index is -0.145. The van der Waals surface area contributed by atoms with Crippen molar-refractivity contribution in [1.82, 2.24) is 4.98 Å². The van der Waals surface area contributed by atoms with Crippen molar-refractivity contribution in [3.05, 3.63) is 117 Å². The maximum atomic E-state index is 13.0. The highest BCUT2D eigenvalue weighted by Gasteiger charge is 2.15. The number of benzene rings is 4. The smallest absolute Gasteiger partial charge is 0.229 e. The Morgan fingerprint density at radius 1 is 0.971 bits per heavy atom. The van der Waals surface area contributed by atoms with E-state index in [2.05, 4.69) is 41.7 Å². The van der Waals surface area contributed by atoms with Crippen LogP contribution in [-0.2, 0) is 17.6 Å². The number of para-hydroxylation sites is 1. The average molecular weight is 499 g/mol. The number of halogens is 1. The van der Waals surface area contributed by atoms with Gasteiger partial charge in [0.05, 0.1) is 22.8 Å². The predicted molar refractivity (Wildman–Crippen MR) is 144 cm³/mol. The largest absolute Gasteiger partial charge is 0.455 e. The number of anilines is 1. The molecule has 0 aliphatic heterocycles. The second-order valence-electron chi connectivity index (χ2n) is 8.21. The summed E-state index contributed by atoms with van der Waals surface area (Å²) in [6.45, 7) is 1.95. The molecule has 0 radical (unpaired) electrons. The van der Waals surface area contributed by atoms with E-state index in [1.165, 1.54) is 16.3 Å². The Hall–Kier alpha value is -3.67. The number of nitrogens with one attached hydrogen (secondary N) is 1. The van der Waals surface area contributed by atoms with E-state index in [0.717, 1.165) is 22.0 Å². The fraction of sp³-hybridized carbons (Fsp3) is 0.103. The first-order valence-corrected chi connectivity index (χ1v) is 12.5. The minimum absolute atomic E-state index is 0.145. The standard InChI is InChI=1S/C29H23ClN2O2S/c1-19-27(35-29(31-19)16-21-10-7-9-20-8-5-6-13-24(20)21)18-28(33)32-25-17-22(30)14-15-26(25)34-23-11-3-2-4-12-23/h2-15,17H,16,18H2,1H3,(H,32,33). The molecule has 1 heterocycles. The topological polar surface area (TPSA) is 51.2 Å². The Bertz CT molecular complexity index is 1490. The van der Waals surface area contributed by atoms with Gasteiger partial charge in [0.1, 0.15) is 5.75 Å². The fourth-order valence-corrected chi connectivity index (χ4v) is 5.25. The number of amides is 1. The van der Waals surface area contributed by atoms with Gasteiger partial charge >= 0.3 is 0 Å². The van der Waals surface area contributed by atoms with Gasteiger partial charge in [-0.15, -0.1) is 11.3 Å². The summed E-state index contributed by atoms with van der Waals surface area (Å²) in [6, 6.07) is 29.3. The van der Waals surface area contributed by atoms with Gasteiger partial charge in [0.25, 0.3) is 0 Å². The first-order chi connectivity index (χ1) is 17.0. The van der Waals surface area contributed by atoms with Gasteiger partial charge in [0.2, 0.25) is 5.91 Å². The Morgan fingerprint density at radius 3 is 2.60 bits per heavy atom. The molecule has 0 spiro atoms. The number of fused-ring (bicyclic) bond motifs is 1. The maximum Gasteiger partial charge on any atom is 0.229 e. The van der Waals surface area contributed by atoms with Gasteiger partial charge in [-0.3, -0.25) is 4.79 Å². The van der Waals surface area contributed by atoms with Crippen molar-refractivity contribution < 1.29 is 9.53 Å². The molecule has 0 saturated heterocycles.